The third-order valence-electron chi connectivity index (χ3n) is 12.9. The van der Waals surface area contributed by atoms with E-state index in [1.165, 1.54) is 0 Å². The molecule has 8 nitrogen and oxygen atoms in total. The molecule has 308 valence electrons. The first-order valence-electron chi connectivity index (χ1n) is 22.1. The predicted octanol–water partition coefficient (Wildman–Crippen LogP) is 14.3. The largest absolute Gasteiger partial charge is 0.434 e. The zero-order valence-corrected chi connectivity index (χ0v) is 35.2. The van der Waals surface area contributed by atoms with E-state index in [4.69, 9.17) is 24.4 Å². The lowest BCUT2D eigenvalue weighted by Gasteiger charge is -2.14. The van der Waals surface area contributed by atoms with Crippen LogP contribution in [0.2, 0.25) is 0 Å². The van der Waals surface area contributed by atoms with Crippen LogP contribution in [0.25, 0.3) is 128 Å². The van der Waals surface area contributed by atoms with Crippen molar-refractivity contribution in [1.29, 1.82) is 0 Å². The van der Waals surface area contributed by atoms with Gasteiger partial charge in [0, 0.05) is 54.7 Å². The first-order valence-corrected chi connectivity index (χ1v) is 22.1. The van der Waals surface area contributed by atoms with Gasteiger partial charge < -0.3 is 13.6 Å². The highest BCUT2D eigenvalue weighted by molar-refractivity contribution is 6.24. The Labute approximate surface area is 376 Å². The summed E-state index contributed by atoms with van der Waals surface area (Å²) in [4.78, 5) is 20.6. The second-order valence-electron chi connectivity index (χ2n) is 16.6. The first-order chi connectivity index (χ1) is 32.7. The van der Waals surface area contributed by atoms with E-state index in [0.29, 0.717) is 23.5 Å². The molecule has 0 spiro atoms. The Hall–Kier alpha value is -9.14. The Morgan fingerprint density at radius 3 is 1.45 bits per heavy atom. The molecule has 9 aromatic carbocycles. The second-order valence-corrected chi connectivity index (χ2v) is 16.6. The smallest absolute Gasteiger partial charge is 0.238 e. The van der Waals surface area contributed by atoms with Gasteiger partial charge >= 0.3 is 0 Å². The molecule has 0 unspecified atom stereocenters. The second kappa shape index (κ2) is 14.2. The number of nitrogens with zero attached hydrogens (tertiary/aromatic N) is 7. The molecule has 66 heavy (non-hydrogen) atoms. The van der Waals surface area contributed by atoms with Crippen LogP contribution in [0, 0.1) is 0 Å². The van der Waals surface area contributed by atoms with Crippen LogP contribution in [0.3, 0.4) is 0 Å². The van der Waals surface area contributed by atoms with Crippen LogP contribution in [0.1, 0.15) is 0 Å². The summed E-state index contributed by atoms with van der Waals surface area (Å²) in [5.41, 5.74) is 12.6. The average Bonchev–Trinajstić information content (AvgIpc) is 4.15. The van der Waals surface area contributed by atoms with E-state index >= 15 is 0 Å². The van der Waals surface area contributed by atoms with Gasteiger partial charge in [-0.25, -0.2) is 9.97 Å². The van der Waals surface area contributed by atoms with Gasteiger partial charge in [-0.1, -0.05) is 152 Å². The number of rotatable bonds is 6. The van der Waals surface area contributed by atoms with Crippen molar-refractivity contribution >= 4 is 76.5 Å². The number of para-hydroxylation sites is 4. The maximum Gasteiger partial charge on any atom is 0.238 e. The van der Waals surface area contributed by atoms with Crippen molar-refractivity contribution in [2.24, 2.45) is 0 Å². The summed E-state index contributed by atoms with van der Waals surface area (Å²) in [7, 11) is 0. The molecule has 0 saturated carbocycles. The Kier molecular flexibility index (Phi) is 7.81. The molecular formula is C58H35N7O. The molecule has 5 aromatic heterocycles. The zero-order valence-electron chi connectivity index (χ0n) is 35.2. The molecule has 0 aliphatic heterocycles. The molecule has 0 fully saturated rings. The van der Waals surface area contributed by atoms with Gasteiger partial charge in [-0.2, -0.15) is 9.97 Å². The number of aromatic nitrogens is 7. The minimum absolute atomic E-state index is 0.550. The molecule has 0 amide bonds. The molecule has 0 radical (unpaired) electrons. The summed E-state index contributed by atoms with van der Waals surface area (Å²) in [6.45, 7) is 0. The molecule has 0 N–H and O–H groups in total. The maximum atomic E-state index is 6.61. The molecular weight excluding hydrogens is 811 g/mol. The molecule has 5 heterocycles. The molecule has 0 aliphatic rings. The molecule has 14 aromatic rings. The van der Waals surface area contributed by atoms with Gasteiger partial charge in [0.2, 0.25) is 11.8 Å². The summed E-state index contributed by atoms with van der Waals surface area (Å²) in [6, 6.07) is 73.9. The third kappa shape index (κ3) is 5.39. The lowest BCUT2D eigenvalue weighted by atomic mass is 10.1. The normalized spacial score (nSPS) is 11.9. The molecule has 0 aliphatic carbocycles. The van der Waals surface area contributed by atoms with Crippen molar-refractivity contribution in [3.8, 4) is 51.6 Å². The molecule has 0 atom stereocenters. The summed E-state index contributed by atoms with van der Waals surface area (Å²) in [6.07, 6.45) is 0. The topological polar surface area (TPSA) is 79.5 Å². The van der Waals surface area contributed by atoms with E-state index in [2.05, 4.69) is 153 Å². The third-order valence-corrected chi connectivity index (χ3v) is 12.9. The van der Waals surface area contributed by atoms with Crippen molar-refractivity contribution in [3.63, 3.8) is 0 Å². The molecule has 0 saturated heterocycles. The van der Waals surface area contributed by atoms with E-state index in [1.54, 1.807) is 0 Å². The lowest BCUT2D eigenvalue weighted by molar-refractivity contribution is 0.618. The zero-order chi connectivity index (χ0) is 43.3. The lowest BCUT2D eigenvalue weighted by Crippen LogP contribution is -2.07. The van der Waals surface area contributed by atoms with Crippen molar-refractivity contribution in [1.82, 2.24) is 33.6 Å². The molecule has 0 bridgehead atoms. The molecule has 14 rings (SSSR count). The van der Waals surface area contributed by atoms with E-state index in [1.807, 2.05) is 72.8 Å². The van der Waals surface area contributed by atoms with Crippen molar-refractivity contribution < 1.29 is 4.42 Å². The van der Waals surface area contributed by atoms with E-state index in [-0.39, 0.29) is 0 Å². The number of benzene rings is 9. The summed E-state index contributed by atoms with van der Waals surface area (Å²) < 4.78 is 13.6. The highest BCUT2D eigenvalue weighted by Gasteiger charge is 2.25. The SMILES string of the molecule is c1ccc(-c2nc(-c3ccccc3)nc(-n3c4ccccc4c4ccc5c6ccccc6n(-c6ccc7c(c6)c6ccccc6n7-c6cccc7nc(-c8ccccc8)oc67)c5c43)n2)cc1. The van der Waals surface area contributed by atoms with Crippen molar-refractivity contribution in [2.45, 2.75) is 0 Å². The van der Waals surface area contributed by atoms with Crippen LogP contribution in [-0.4, -0.2) is 33.6 Å². The van der Waals surface area contributed by atoms with E-state index in [0.717, 1.165) is 105 Å². The van der Waals surface area contributed by atoms with Crippen LogP contribution in [0.5, 0.6) is 0 Å². The maximum absolute atomic E-state index is 6.61. The highest BCUT2D eigenvalue weighted by Crippen LogP contribution is 2.43. The minimum atomic E-state index is 0.550. The fourth-order valence-electron chi connectivity index (χ4n) is 10.0. The van der Waals surface area contributed by atoms with Gasteiger partial charge in [0.1, 0.15) is 5.52 Å². The van der Waals surface area contributed by atoms with E-state index < -0.39 is 0 Å². The number of oxazole rings is 1. The average molecular weight is 846 g/mol. The van der Waals surface area contributed by atoms with Gasteiger partial charge in [0.25, 0.3) is 0 Å². The van der Waals surface area contributed by atoms with Crippen LogP contribution < -0.4 is 0 Å². The van der Waals surface area contributed by atoms with Crippen LogP contribution in [0.15, 0.2) is 217 Å². The summed E-state index contributed by atoms with van der Waals surface area (Å²) >= 11 is 0. The fourth-order valence-corrected chi connectivity index (χ4v) is 10.0. The minimum Gasteiger partial charge on any atom is -0.434 e. The molecule has 8 heteroatoms. The van der Waals surface area contributed by atoms with Crippen LogP contribution in [-0.2, 0) is 0 Å². The Bertz CT molecular complexity index is 4160. The number of hydrogen-bond donors (Lipinski definition) is 0. The predicted molar refractivity (Wildman–Crippen MR) is 267 cm³/mol. The van der Waals surface area contributed by atoms with Crippen molar-refractivity contribution in [2.75, 3.05) is 0 Å². The summed E-state index contributed by atoms with van der Waals surface area (Å²) in [5, 5.41) is 6.78. The van der Waals surface area contributed by atoms with E-state index in [9.17, 15) is 0 Å². The highest BCUT2D eigenvalue weighted by atomic mass is 16.3. The Morgan fingerprint density at radius 2 is 0.833 bits per heavy atom. The van der Waals surface area contributed by atoms with Crippen molar-refractivity contribution in [3.05, 3.63) is 212 Å². The quantitative estimate of drug-likeness (QED) is 0.167. The van der Waals surface area contributed by atoms with Gasteiger partial charge in [-0.3, -0.25) is 4.57 Å². The standard InChI is InChI=1S/C58H35N7O/c1-4-17-36(18-5-1)55-60-56(37-19-6-2-7-20-37)62-58(61-55)65-49-29-15-11-24-41(49)44-33-32-43-40-23-10-13-27-47(40)63(52(43)53(44)65)39-31-34-50-45(35-39)42-25-12-14-28-48(42)64(50)51-30-16-26-46-54(51)66-57(59-46)38-21-8-3-9-22-38/h1-35H. The monoisotopic (exact) mass is 845 g/mol. The Morgan fingerprint density at radius 1 is 0.333 bits per heavy atom. The van der Waals surface area contributed by atoms with Gasteiger partial charge in [0.05, 0.1) is 38.8 Å². The van der Waals surface area contributed by atoms with Gasteiger partial charge in [0.15, 0.2) is 17.2 Å². The first kappa shape index (κ1) is 36.4. The number of fused-ring (bicyclic) bond motifs is 11. The van der Waals surface area contributed by atoms with Crippen LogP contribution in [0.4, 0.5) is 0 Å². The Balaban J connectivity index is 1.06. The van der Waals surface area contributed by atoms with Crippen LogP contribution >= 0.6 is 0 Å². The summed E-state index contributed by atoms with van der Waals surface area (Å²) in [5.74, 6) is 2.36. The number of hydrogen-bond acceptors (Lipinski definition) is 5. The van der Waals surface area contributed by atoms with Gasteiger partial charge in [-0.15, -0.1) is 0 Å². The fraction of sp³-hybridized carbons (Fsp3) is 0. The van der Waals surface area contributed by atoms with Gasteiger partial charge in [-0.05, 0) is 60.7 Å².